The van der Waals surface area contributed by atoms with Crippen LogP contribution < -0.4 is 20.1 Å². The second-order valence-corrected chi connectivity index (χ2v) is 13.2. The SMILES string of the molecule is C/C=C(\CC)C(=[N-])c1ccc(C#CC2CC3(C2)CN(c2ccc(C(N)=O)nn2)C3)cc1.CC.COC.COc1cc(OC2CCCCC2)ccc1C#N.[U]. The minimum atomic E-state index is -0.562. The van der Waals surface area contributed by atoms with Crippen molar-refractivity contribution in [2.45, 2.75) is 85.2 Å². The van der Waals surface area contributed by atoms with Crippen molar-refractivity contribution < 1.29 is 50.1 Å². The van der Waals surface area contributed by atoms with E-state index in [-0.39, 0.29) is 36.8 Å². The summed E-state index contributed by atoms with van der Waals surface area (Å²) in [4.78, 5) is 13.3. The van der Waals surface area contributed by atoms with E-state index in [9.17, 15) is 10.2 Å². The molecule has 2 N–H and O–H groups in total. The van der Waals surface area contributed by atoms with Crippen LogP contribution in [-0.2, 0) is 4.74 Å². The molecule has 0 radical (unpaired) electrons. The molecule has 1 aromatic heterocycles. The molecule has 2 aliphatic carbocycles. The van der Waals surface area contributed by atoms with E-state index in [2.05, 4.69) is 37.7 Å². The number of carbonyl (C=O) groups excluding carboxylic acids is 1. The summed E-state index contributed by atoms with van der Waals surface area (Å²) in [6.45, 7) is 9.87. The Morgan fingerprint density at radius 1 is 1.02 bits per heavy atom. The molecule has 0 atom stereocenters. The Morgan fingerprint density at radius 2 is 1.67 bits per heavy atom. The van der Waals surface area contributed by atoms with Gasteiger partial charge in [0.05, 0.1) is 18.8 Å². The predicted molar refractivity (Wildman–Crippen MR) is 212 cm³/mol. The predicted octanol–water partition coefficient (Wildman–Crippen LogP) is 8.13. The van der Waals surface area contributed by atoms with Gasteiger partial charge in [-0.1, -0.05) is 62.8 Å². The van der Waals surface area contributed by atoms with Crippen molar-refractivity contribution in [3.63, 3.8) is 0 Å². The van der Waals surface area contributed by atoms with Crippen molar-refractivity contribution in [3.8, 4) is 29.4 Å². The first-order valence-corrected chi connectivity index (χ1v) is 18.5. The van der Waals surface area contributed by atoms with E-state index in [0.717, 1.165) is 73.5 Å². The number of benzene rings is 2. The zero-order valence-electron chi connectivity index (χ0n) is 32.9. The number of aromatic nitrogens is 2. The van der Waals surface area contributed by atoms with Gasteiger partial charge in [-0.3, -0.25) is 4.79 Å². The fourth-order valence-corrected chi connectivity index (χ4v) is 6.70. The van der Waals surface area contributed by atoms with Crippen LogP contribution in [0.15, 0.2) is 66.2 Å². The molecule has 2 saturated carbocycles. The number of carbonyl (C=O) groups is 1. The van der Waals surface area contributed by atoms with Crippen molar-refractivity contribution in [2.24, 2.45) is 17.1 Å². The standard InChI is InChI=1S/C25H26N5O.C14H17NO2.C2H6O.C2H6.U/c1-3-19(4-2)23(26)20-9-7-17(8-10-20)5-6-18-13-25(14-18)15-30(16-25)22-12-11-21(24(27)31)28-29-22;1-16-14-9-13(8-7-11(14)10-15)17-12-5-3-2-4-6-12;1-3-2;1-2;/h3,7-12,18H,4,13-16H2,1-2H3,(H2,27,31);7-9,12H,2-6H2,1H3;1-2H3;1-2H3;/q-1;;;;/b19-3+;;;;. The molecule has 1 saturated heterocycles. The van der Waals surface area contributed by atoms with Gasteiger partial charge in [0.1, 0.15) is 17.6 Å². The van der Waals surface area contributed by atoms with Gasteiger partial charge in [0, 0.05) is 81.4 Å². The fourth-order valence-electron chi connectivity index (χ4n) is 6.70. The van der Waals surface area contributed by atoms with Crippen molar-refractivity contribution in [1.82, 2.24) is 10.2 Å². The molecule has 3 aliphatic rings. The monoisotopic (exact) mass is 957 g/mol. The smallest absolute Gasteiger partial charge is 0.269 e. The Labute approximate surface area is 346 Å². The summed E-state index contributed by atoms with van der Waals surface area (Å²) >= 11 is 0. The van der Waals surface area contributed by atoms with Gasteiger partial charge in [-0.15, -0.1) is 15.9 Å². The summed E-state index contributed by atoms with van der Waals surface area (Å²) in [5.41, 5.74) is 9.35. The number of anilines is 1. The number of allylic oxidation sites excluding steroid dienone is 2. The third-order valence-electron chi connectivity index (χ3n) is 9.40. The molecule has 1 amide bonds. The molecule has 0 unspecified atom stereocenters. The number of hydrogen-bond donors (Lipinski definition) is 1. The molecule has 286 valence electrons. The number of nitriles is 1. The van der Waals surface area contributed by atoms with Crippen LogP contribution in [0.2, 0.25) is 0 Å². The molecule has 11 heteroatoms. The van der Waals surface area contributed by atoms with Crippen molar-refractivity contribution >= 4 is 17.4 Å². The Kier molecular flexibility index (Phi) is 20.1. The van der Waals surface area contributed by atoms with Crippen molar-refractivity contribution in [3.05, 3.63) is 94.0 Å². The van der Waals surface area contributed by atoms with Gasteiger partial charge in [-0.05, 0) is 93.8 Å². The Morgan fingerprint density at radius 3 is 2.19 bits per heavy atom. The number of nitrogens with two attached hydrogens (primary N) is 1. The molecular formula is C43H55N6O4U-. The summed E-state index contributed by atoms with van der Waals surface area (Å²) < 4.78 is 15.3. The first kappa shape index (κ1) is 46.0. The minimum absolute atomic E-state index is 0. The Bertz CT molecular complexity index is 1760. The zero-order chi connectivity index (χ0) is 38.8. The number of rotatable bonds is 8. The average Bonchev–Trinajstić information content (AvgIpc) is 3.16. The van der Waals surface area contributed by atoms with E-state index >= 15 is 0 Å². The molecule has 3 fully saturated rings. The van der Waals surface area contributed by atoms with E-state index in [1.54, 1.807) is 45.6 Å². The normalized spacial score (nSPS) is 15.5. The second kappa shape index (κ2) is 23.6. The van der Waals surface area contributed by atoms with E-state index in [0.29, 0.717) is 34.5 Å². The Balaban J connectivity index is 0.000000371. The molecule has 0 bridgehead atoms. The molecule has 2 aromatic carbocycles. The molecule has 2 heterocycles. The van der Waals surface area contributed by atoms with Crippen molar-refractivity contribution in [1.29, 1.82) is 5.26 Å². The van der Waals surface area contributed by atoms with Crippen LogP contribution in [0.3, 0.4) is 0 Å². The molecule has 1 aliphatic heterocycles. The maximum atomic E-state index is 11.1. The molecule has 10 nitrogen and oxygen atoms in total. The van der Waals surface area contributed by atoms with Crippen LogP contribution in [0.25, 0.3) is 5.41 Å². The molecule has 3 aromatic rings. The van der Waals surface area contributed by atoms with E-state index in [1.165, 1.54) is 19.3 Å². The van der Waals surface area contributed by atoms with Crippen LogP contribution in [0.4, 0.5) is 5.82 Å². The van der Waals surface area contributed by atoms with Crippen LogP contribution in [0.5, 0.6) is 11.5 Å². The number of hydrogen-bond acceptors (Lipinski definition) is 8. The van der Waals surface area contributed by atoms with E-state index in [1.807, 2.05) is 64.1 Å². The molecule has 1 spiro atoms. The molecule has 6 rings (SSSR count). The maximum Gasteiger partial charge on any atom is 0.269 e. The minimum Gasteiger partial charge on any atom is -0.803 e. The van der Waals surface area contributed by atoms with E-state index in [4.69, 9.17) is 20.5 Å². The van der Waals surface area contributed by atoms with Gasteiger partial charge >= 0.3 is 0 Å². The topological polar surface area (TPSA) is 146 Å². The van der Waals surface area contributed by atoms with Crippen molar-refractivity contribution in [2.75, 3.05) is 39.3 Å². The van der Waals surface area contributed by atoms with Crippen LogP contribution in [0.1, 0.15) is 106 Å². The zero-order valence-corrected chi connectivity index (χ0v) is 37.1. The van der Waals surface area contributed by atoms with Gasteiger partial charge < -0.3 is 30.3 Å². The first-order chi connectivity index (χ1) is 25.7. The molecule has 54 heavy (non-hydrogen) atoms. The van der Waals surface area contributed by atoms with Gasteiger partial charge in [-0.25, -0.2) is 0 Å². The van der Waals surface area contributed by atoms with E-state index < -0.39 is 5.91 Å². The quantitative estimate of drug-likeness (QED) is 0.176. The third kappa shape index (κ3) is 13.0. The summed E-state index contributed by atoms with van der Waals surface area (Å²) in [6.07, 6.45) is 11.3. The fraction of sp³-hybridized carbons (Fsp3) is 0.465. The van der Waals surface area contributed by atoms with Crippen LogP contribution in [-0.4, -0.2) is 62.3 Å². The van der Waals surface area contributed by atoms with Gasteiger partial charge in [-0.2, -0.15) is 5.26 Å². The summed E-state index contributed by atoms with van der Waals surface area (Å²) in [5, 5.41) is 27.2. The summed E-state index contributed by atoms with van der Waals surface area (Å²) in [6, 6.07) is 18.7. The summed E-state index contributed by atoms with van der Waals surface area (Å²) in [7, 11) is 4.82. The third-order valence-corrected chi connectivity index (χ3v) is 9.40. The van der Waals surface area contributed by atoms with Crippen LogP contribution >= 0.6 is 0 Å². The largest absolute Gasteiger partial charge is 0.803 e. The van der Waals surface area contributed by atoms with Gasteiger partial charge in [0.2, 0.25) is 0 Å². The second-order valence-electron chi connectivity index (χ2n) is 13.2. The summed E-state index contributed by atoms with van der Waals surface area (Å²) in [5.74, 6) is 8.70. The number of primary amides is 1. The number of nitrogens with zero attached hydrogens (tertiary/aromatic N) is 5. The maximum absolute atomic E-state index is 11.1. The Hall–Kier alpha value is -4.14. The number of ether oxygens (including phenoxy) is 3. The van der Waals surface area contributed by atoms with Gasteiger partial charge in [0.25, 0.3) is 5.91 Å². The van der Waals surface area contributed by atoms with Crippen LogP contribution in [0, 0.1) is 65.6 Å². The number of methoxy groups -OCH3 is 2. The molecular weight excluding hydrogens is 903 g/mol. The number of amides is 1. The average molecular weight is 958 g/mol. The van der Waals surface area contributed by atoms with Gasteiger partial charge in [0.15, 0.2) is 11.5 Å². The first-order valence-electron chi connectivity index (χ1n) is 18.5.